The van der Waals surface area contributed by atoms with E-state index in [0.29, 0.717) is 6.61 Å². The summed E-state index contributed by atoms with van der Waals surface area (Å²) in [7, 11) is 0. The number of carboxylic acid groups (broad SMARTS) is 1. The largest absolute Gasteiger partial charge is 0.508 e. The predicted molar refractivity (Wildman–Crippen MR) is 83.2 cm³/mol. The molecule has 0 radical (unpaired) electrons. The average Bonchev–Trinajstić information content (AvgIpc) is 2.48. The van der Waals surface area contributed by atoms with Crippen LogP contribution >= 0.6 is 0 Å². The Kier molecular flexibility index (Phi) is 9.01. The molecule has 0 aliphatic rings. The third-order valence-electron chi connectivity index (χ3n) is 2.44. The van der Waals surface area contributed by atoms with Gasteiger partial charge in [0.25, 0.3) is 0 Å². The minimum atomic E-state index is -1.23. The van der Waals surface area contributed by atoms with E-state index in [-0.39, 0.29) is 11.9 Å². The van der Waals surface area contributed by atoms with Crippen LogP contribution < -0.4 is 10.9 Å². The zero-order valence-electron chi connectivity index (χ0n) is 12.3. The average molecular weight is 307 g/mol. The number of aliphatic hydroxyl groups excluding tert-OH is 1. The molecule has 0 saturated carbocycles. The standard InChI is InChI=1S/C13H12O2.C3H6O3.H3N/c14-12-6-8-13(9-7-12)15-10-11-4-2-1-3-5-11;1-2(4)3(5)6;/h1-9,14H,10H2;2,4H,1H3,(H,5,6);1H3. The summed E-state index contributed by atoms with van der Waals surface area (Å²) >= 11 is 0. The number of hydrogen-bond donors (Lipinski definition) is 4. The Morgan fingerprint density at radius 2 is 1.59 bits per heavy atom. The van der Waals surface area contributed by atoms with Crippen molar-refractivity contribution in [3.63, 3.8) is 0 Å². The van der Waals surface area contributed by atoms with Crippen LogP contribution in [0.15, 0.2) is 54.6 Å². The maximum absolute atomic E-state index is 9.45. The van der Waals surface area contributed by atoms with E-state index in [4.69, 9.17) is 20.1 Å². The van der Waals surface area contributed by atoms with Gasteiger partial charge in [-0.15, -0.1) is 0 Å². The third kappa shape index (κ3) is 7.88. The Morgan fingerprint density at radius 1 is 1.09 bits per heavy atom. The quantitative estimate of drug-likeness (QED) is 0.688. The molecule has 0 bridgehead atoms. The van der Waals surface area contributed by atoms with E-state index >= 15 is 0 Å². The van der Waals surface area contributed by atoms with Crippen molar-refractivity contribution in [1.82, 2.24) is 6.15 Å². The predicted octanol–water partition coefficient (Wildman–Crippen LogP) is 2.59. The van der Waals surface area contributed by atoms with Gasteiger partial charge >= 0.3 is 5.97 Å². The van der Waals surface area contributed by atoms with Gasteiger partial charge in [0.05, 0.1) is 0 Å². The van der Waals surface area contributed by atoms with Gasteiger partial charge in [-0.25, -0.2) is 4.79 Å². The number of ether oxygens (including phenoxy) is 1. The van der Waals surface area contributed by atoms with Gasteiger partial charge in [0.15, 0.2) is 0 Å². The molecule has 2 aromatic rings. The van der Waals surface area contributed by atoms with Crippen LogP contribution in [-0.4, -0.2) is 27.4 Å². The molecule has 22 heavy (non-hydrogen) atoms. The molecule has 0 amide bonds. The number of carboxylic acids is 1. The molecule has 6 heteroatoms. The number of phenolic OH excluding ortho intramolecular Hbond substituents is 1. The Labute approximate surface area is 129 Å². The molecule has 120 valence electrons. The number of carbonyl (C=O) groups is 1. The Morgan fingerprint density at radius 3 is 2.05 bits per heavy atom. The van der Waals surface area contributed by atoms with E-state index in [1.807, 2.05) is 30.3 Å². The molecule has 2 rings (SSSR count). The molecule has 0 fully saturated rings. The first kappa shape index (κ1) is 19.4. The monoisotopic (exact) mass is 307 g/mol. The Hall–Kier alpha value is -2.57. The minimum absolute atomic E-state index is 0. The molecule has 0 saturated heterocycles. The SMILES string of the molecule is CC(O)C(=O)O.N.Oc1ccc(OCc2ccccc2)cc1. The highest BCUT2D eigenvalue weighted by atomic mass is 16.5. The van der Waals surface area contributed by atoms with E-state index < -0.39 is 12.1 Å². The summed E-state index contributed by atoms with van der Waals surface area (Å²) in [6.45, 7) is 1.74. The van der Waals surface area contributed by atoms with Crippen LogP contribution in [0.1, 0.15) is 12.5 Å². The van der Waals surface area contributed by atoms with Crippen molar-refractivity contribution in [3.05, 3.63) is 60.2 Å². The second kappa shape index (κ2) is 10.2. The smallest absolute Gasteiger partial charge is 0.332 e. The molecule has 6 N–H and O–H groups in total. The lowest BCUT2D eigenvalue weighted by atomic mass is 10.2. The summed E-state index contributed by atoms with van der Waals surface area (Å²) in [5.74, 6) is -0.172. The first-order valence-electron chi connectivity index (χ1n) is 6.35. The highest BCUT2D eigenvalue weighted by molar-refractivity contribution is 5.71. The van der Waals surface area contributed by atoms with Crippen molar-refractivity contribution >= 4 is 5.97 Å². The summed E-state index contributed by atoms with van der Waals surface area (Å²) in [5.41, 5.74) is 1.13. The van der Waals surface area contributed by atoms with Crippen LogP contribution in [0, 0.1) is 0 Å². The van der Waals surface area contributed by atoms with Gasteiger partial charge < -0.3 is 26.2 Å². The highest BCUT2D eigenvalue weighted by Crippen LogP contribution is 2.17. The molecule has 0 aliphatic heterocycles. The second-order valence-electron chi connectivity index (χ2n) is 4.28. The number of phenols is 1. The molecule has 0 spiro atoms. The zero-order chi connectivity index (χ0) is 15.7. The van der Waals surface area contributed by atoms with Crippen LogP contribution in [0.4, 0.5) is 0 Å². The van der Waals surface area contributed by atoms with Gasteiger partial charge in [-0.3, -0.25) is 0 Å². The van der Waals surface area contributed by atoms with Crippen molar-refractivity contribution in [1.29, 1.82) is 0 Å². The Balaban J connectivity index is 0.000000546. The number of hydrogen-bond acceptors (Lipinski definition) is 5. The summed E-state index contributed by atoms with van der Waals surface area (Å²) in [4.78, 5) is 9.45. The molecule has 1 atom stereocenters. The summed E-state index contributed by atoms with van der Waals surface area (Å²) < 4.78 is 5.54. The topological polar surface area (TPSA) is 122 Å². The summed E-state index contributed by atoms with van der Waals surface area (Å²) in [5, 5.41) is 24.9. The number of aliphatic carboxylic acids is 1. The maximum atomic E-state index is 9.45. The highest BCUT2D eigenvalue weighted by Gasteiger charge is 2.01. The summed E-state index contributed by atoms with van der Waals surface area (Å²) in [6, 6.07) is 16.7. The van der Waals surface area contributed by atoms with E-state index in [1.54, 1.807) is 24.3 Å². The number of aromatic hydroxyl groups is 1. The second-order valence-corrected chi connectivity index (χ2v) is 4.28. The van der Waals surface area contributed by atoms with Gasteiger partial charge in [-0.05, 0) is 36.8 Å². The van der Waals surface area contributed by atoms with E-state index in [9.17, 15) is 4.79 Å². The van der Waals surface area contributed by atoms with Crippen molar-refractivity contribution in [2.75, 3.05) is 0 Å². The lowest BCUT2D eigenvalue weighted by molar-refractivity contribution is -0.145. The van der Waals surface area contributed by atoms with Crippen LogP contribution in [0.25, 0.3) is 0 Å². The third-order valence-corrected chi connectivity index (χ3v) is 2.44. The molecule has 0 aliphatic carbocycles. The van der Waals surface area contributed by atoms with Gasteiger partial charge in [0.2, 0.25) is 0 Å². The number of rotatable bonds is 4. The normalized spacial score (nSPS) is 10.5. The van der Waals surface area contributed by atoms with Crippen LogP contribution in [0.2, 0.25) is 0 Å². The lowest BCUT2D eigenvalue weighted by Crippen LogP contribution is -2.13. The molecular weight excluding hydrogens is 286 g/mol. The minimum Gasteiger partial charge on any atom is -0.508 e. The van der Waals surface area contributed by atoms with Gasteiger partial charge in [0, 0.05) is 0 Å². The van der Waals surface area contributed by atoms with Crippen LogP contribution in [0.3, 0.4) is 0 Å². The van der Waals surface area contributed by atoms with Crippen molar-refractivity contribution in [2.24, 2.45) is 0 Å². The molecule has 0 aromatic heterocycles. The molecule has 0 heterocycles. The molecular formula is C16H21NO5. The van der Waals surface area contributed by atoms with E-state index in [1.165, 1.54) is 6.92 Å². The lowest BCUT2D eigenvalue weighted by Gasteiger charge is -2.05. The first-order chi connectivity index (χ1) is 9.99. The van der Waals surface area contributed by atoms with E-state index in [2.05, 4.69) is 0 Å². The van der Waals surface area contributed by atoms with E-state index in [0.717, 1.165) is 11.3 Å². The fourth-order valence-corrected chi connectivity index (χ4v) is 1.28. The van der Waals surface area contributed by atoms with Crippen molar-refractivity contribution in [3.8, 4) is 11.5 Å². The number of aliphatic hydroxyl groups is 1. The maximum Gasteiger partial charge on any atom is 0.332 e. The fraction of sp³-hybridized carbons (Fsp3) is 0.188. The molecule has 1 unspecified atom stereocenters. The summed E-state index contributed by atoms with van der Waals surface area (Å²) in [6.07, 6.45) is -1.23. The first-order valence-corrected chi connectivity index (χ1v) is 6.35. The van der Waals surface area contributed by atoms with Gasteiger partial charge in [0.1, 0.15) is 24.2 Å². The zero-order valence-corrected chi connectivity index (χ0v) is 12.3. The van der Waals surface area contributed by atoms with Crippen molar-refractivity contribution in [2.45, 2.75) is 19.6 Å². The molecule has 6 nitrogen and oxygen atoms in total. The van der Waals surface area contributed by atoms with Gasteiger partial charge in [-0.2, -0.15) is 0 Å². The van der Waals surface area contributed by atoms with Crippen LogP contribution in [0.5, 0.6) is 11.5 Å². The fourth-order valence-electron chi connectivity index (χ4n) is 1.28. The molecule has 2 aromatic carbocycles. The Bertz CT molecular complexity index is 540. The van der Waals surface area contributed by atoms with Gasteiger partial charge in [-0.1, -0.05) is 30.3 Å². The van der Waals surface area contributed by atoms with Crippen LogP contribution in [-0.2, 0) is 11.4 Å². The number of benzene rings is 2. The van der Waals surface area contributed by atoms with Crippen molar-refractivity contribution < 1.29 is 24.9 Å².